The zero-order valence-corrected chi connectivity index (χ0v) is 16.3. The fraction of sp³-hybridized carbons (Fsp3) is 0.182. The molecule has 2 aromatic heterocycles. The number of carbonyl (C=O) groups is 1. The first-order chi connectivity index (χ1) is 14.1. The third-order valence-electron chi connectivity index (χ3n) is 5.37. The van der Waals surface area contributed by atoms with Gasteiger partial charge in [0, 0.05) is 35.3 Å². The molecule has 0 fully saturated rings. The van der Waals surface area contributed by atoms with Crippen LogP contribution in [0.25, 0.3) is 10.9 Å². The minimum absolute atomic E-state index is 0.191. The van der Waals surface area contributed by atoms with Crippen LogP contribution in [0.5, 0.6) is 5.75 Å². The maximum atomic E-state index is 12.8. The first-order valence-electron chi connectivity index (χ1n) is 9.52. The van der Waals surface area contributed by atoms with Crippen LogP contribution >= 0.6 is 0 Å². The SMILES string of the molecule is COc1cccc(N2CCn3nc(NC(=O)c4[nH]c5ccccc5c4C)cc32)c1. The number of hydrogen-bond donors (Lipinski definition) is 2. The van der Waals surface area contributed by atoms with Crippen LogP contribution in [0.1, 0.15) is 16.1 Å². The molecule has 3 heterocycles. The van der Waals surface area contributed by atoms with E-state index in [1.165, 1.54) is 0 Å². The number of para-hydroxylation sites is 1. The first-order valence-corrected chi connectivity index (χ1v) is 9.52. The number of fused-ring (bicyclic) bond motifs is 2. The average Bonchev–Trinajstić information content (AvgIpc) is 3.41. The molecule has 0 bridgehead atoms. The van der Waals surface area contributed by atoms with E-state index in [0.717, 1.165) is 46.8 Å². The van der Waals surface area contributed by atoms with Crippen molar-refractivity contribution in [3.8, 4) is 5.75 Å². The lowest BCUT2D eigenvalue weighted by Gasteiger charge is -2.17. The Kier molecular flexibility index (Phi) is 4.01. The second-order valence-corrected chi connectivity index (χ2v) is 7.09. The number of anilines is 3. The van der Waals surface area contributed by atoms with Gasteiger partial charge in [-0.15, -0.1) is 0 Å². The maximum absolute atomic E-state index is 12.8. The Bertz CT molecular complexity index is 1220. The number of aromatic nitrogens is 3. The molecule has 146 valence electrons. The molecule has 7 nitrogen and oxygen atoms in total. The van der Waals surface area contributed by atoms with Crippen LogP contribution < -0.4 is 15.0 Å². The topological polar surface area (TPSA) is 75.2 Å². The van der Waals surface area contributed by atoms with Gasteiger partial charge in [0.25, 0.3) is 5.91 Å². The number of ether oxygens (including phenoxy) is 1. The van der Waals surface area contributed by atoms with Crippen molar-refractivity contribution in [2.24, 2.45) is 0 Å². The Hall–Kier alpha value is -3.74. The first kappa shape index (κ1) is 17.4. The van der Waals surface area contributed by atoms with Crippen LogP contribution in [0.4, 0.5) is 17.3 Å². The van der Waals surface area contributed by atoms with Gasteiger partial charge in [0.05, 0.1) is 13.7 Å². The van der Waals surface area contributed by atoms with E-state index >= 15 is 0 Å². The van der Waals surface area contributed by atoms with Crippen molar-refractivity contribution in [2.75, 3.05) is 23.9 Å². The molecule has 5 rings (SSSR count). The largest absolute Gasteiger partial charge is 0.497 e. The van der Waals surface area contributed by atoms with Gasteiger partial charge in [-0.25, -0.2) is 4.68 Å². The zero-order chi connectivity index (χ0) is 20.0. The van der Waals surface area contributed by atoms with E-state index in [-0.39, 0.29) is 5.91 Å². The summed E-state index contributed by atoms with van der Waals surface area (Å²) in [5, 5.41) is 8.54. The van der Waals surface area contributed by atoms with E-state index < -0.39 is 0 Å². The molecular formula is C22H21N5O2. The van der Waals surface area contributed by atoms with Crippen LogP contribution in [0.2, 0.25) is 0 Å². The highest BCUT2D eigenvalue weighted by Gasteiger charge is 2.24. The third kappa shape index (κ3) is 2.91. The highest BCUT2D eigenvalue weighted by molar-refractivity contribution is 6.07. The number of benzene rings is 2. The van der Waals surface area contributed by atoms with Crippen LogP contribution in [-0.2, 0) is 6.54 Å². The molecule has 0 unspecified atom stereocenters. The van der Waals surface area contributed by atoms with Crippen molar-refractivity contribution in [3.63, 3.8) is 0 Å². The molecule has 29 heavy (non-hydrogen) atoms. The third-order valence-corrected chi connectivity index (χ3v) is 5.37. The summed E-state index contributed by atoms with van der Waals surface area (Å²) in [5.41, 5.74) is 3.48. The van der Waals surface area contributed by atoms with Crippen molar-refractivity contribution in [2.45, 2.75) is 13.5 Å². The second kappa shape index (κ2) is 6.70. The van der Waals surface area contributed by atoms with E-state index in [0.29, 0.717) is 11.5 Å². The molecule has 2 N–H and O–H groups in total. The lowest BCUT2D eigenvalue weighted by molar-refractivity contribution is 0.102. The van der Waals surface area contributed by atoms with Crippen molar-refractivity contribution in [1.29, 1.82) is 0 Å². The number of H-pyrrole nitrogens is 1. The van der Waals surface area contributed by atoms with Crippen LogP contribution in [0, 0.1) is 6.92 Å². The number of nitrogens with one attached hydrogen (secondary N) is 2. The number of carbonyl (C=O) groups excluding carboxylic acids is 1. The summed E-state index contributed by atoms with van der Waals surface area (Å²) in [6.45, 7) is 3.53. The van der Waals surface area contributed by atoms with Gasteiger partial charge < -0.3 is 19.9 Å². The molecule has 0 spiro atoms. The van der Waals surface area contributed by atoms with Crippen LogP contribution in [-0.4, -0.2) is 34.3 Å². The number of methoxy groups -OCH3 is 1. The van der Waals surface area contributed by atoms with Gasteiger partial charge in [-0.3, -0.25) is 4.79 Å². The molecule has 2 aromatic carbocycles. The standard InChI is InChI=1S/C22H21N5O2/c1-14-17-8-3-4-9-18(17)23-21(14)22(28)24-19-13-20-26(10-11-27(20)25-19)15-6-5-7-16(12-15)29-2/h3-9,12-13,23H,10-11H2,1-2H3,(H,24,25,28). The predicted molar refractivity (Wildman–Crippen MR) is 113 cm³/mol. The van der Waals surface area contributed by atoms with Gasteiger partial charge in [0.2, 0.25) is 0 Å². The zero-order valence-electron chi connectivity index (χ0n) is 16.3. The van der Waals surface area contributed by atoms with Crippen molar-refractivity contribution in [1.82, 2.24) is 14.8 Å². The van der Waals surface area contributed by atoms with Crippen molar-refractivity contribution >= 4 is 34.1 Å². The lowest BCUT2D eigenvalue weighted by Crippen LogP contribution is -2.15. The number of aryl methyl sites for hydroxylation is 1. The Morgan fingerprint density at radius 2 is 2.00 bits per heavy atom. The van der Waals surface area contributed by atoms with Crippen LogP contribution in [0.3, 0.4) is 0 Å². The van der Waals surface area contributed by atoms with Gasteiger partial charge in [-0.05, 0) is 30.7 Å². The minimum Gasteiger partial charge on any atom is -0.497 e. The molecule has 1 aliphatic heterocycles. The maximum Gasteiger partial charge on any atom is 0.273 e. The molecule has 0 radical (unpaired) electrons. The fourth-order valence-corrected chi connectivity index (χ4v) is 3.89. The van der Waals surface area contributed by atoms with Gasteiger partial charge in [0.15, 0.2) is 5.82 Å². The van der Waals surface area contributed by atoms with Crippen molar-refractivity contribution in [3.05, 3.63) is 65.9 Å². The Morgan fingerprint density at radius 3 is 2.83 bits per heavy atom. The summed E-state index contributed by atoms with van der Waals surface area (Å²) in [5.74, 6) is 2.10. The number of rotatable bonds is 4. The Morgan fingerprint density at radius 1 is 1.14 bits per heavy atom. The number of aromatic amines is 1. The Labute approximate surface area is 167 Å². The summed E-state index contributed by atoms with van der Waals surface area (Å²) >= 11 is 0. The second-order valence-electron chi connectivity index (χ2n) is 7.09. The number of hydrogen-bond acceptors (Lipinski definition) is 4. The quantitative estimate of drug-likeness (QED) is 0.553. The summed E-state index contributed by atoms with van der Waals surface area (Å²) < 4.78 is 7.25. The summed E-state index contributed by atoms with van der Waals surface area (Å²) in [6.07, 6.45) is 0. The van der Waals surface area contributed by atoms with E-state index in [2.05, 4.69) is 20.3 Å². The van der Waals surface area contributed by atoms with E-state index in [1.807, 2.05) is 66.2 Å². The lowest BCUT2D eigenvalue weighted by atomic mass is 10.1. The fourth-order valence-electron chi connectivity index (χ4n) is 3.89. The summed E-state index contributed by atoms with van der Waals surface area (Å²) in [4.78, 5) is 18.2. The molecular weight excluding hydrogens is 366 g/mol. The predicted octanol–water partition coefficient (Wildman–Crippen LogP) is 4.09. The summed E-state index contributed by atoms with van der Waals surface area (Å²) in [6, 6.07) is 17.7. The smallest absolute Gasteiger partial charge is 0.273 e. The van der Waals surface area contributed by atoms with E-state index in [9.17, 15) is 4.79 Å². The Balaban J connectivity index is 1.41. The van der Waals surface area contributed by atoms with Crippen molar-refractivity contribution < 1.29 is 9.53 Å². The highest BCUT2D eigenvalue weighted by atomic mass is 16.5. The molecule has 7 heteroatoms. The number of nitrogens with zero attached hydrogens (tertiary/aromatic N) is 3. The minimum atomic E-state index is -0.191. The molecule has 4 aromatic rings. The molecule has 0 atom stereocenters. The average molecular weight is 387 g/mol. The van der Waals surface area contributed by atoms with Crippen LogP contribution in [0.15, 0.2) is 54.6 Å². The molecule has 0 aliphatic carbocycles. The monoisotopic (exact) mass is 387 g/mol. The molecule has 0 saturated carbocycles. The molecule has 1 amide bonds. The molecule has 0 saturated heterocycles. The highest BCUT2D eigenvalue weighted by Crippen LogP contribution is 2.33. The van der Waals surface area contributed by atoms with Gasteiger partial charge in [-0.1, -0.05) is 24.3 Å². The van der Waals surface area contributed by atoms with E-state index in [1.54, 1.807) is 7.11 Å². The van der Waals surface area contributed by atoms with Gasteiger partial charge in [0.1, 0.15) is 17.3 Å². The van der Waals surface area contributed by atoms with Gasteiger partial charge in [-0.2, -0.15) is 5.10 Å². The van der Waals surface area contributed by atoms with E-state index in [4.69, 9.17) is 4.74 Å². The number of amides is 1. The van der Waals surface area contributed by atoms with Gasteiger partial charge >= 0.3 is 0 Å². The molecule has 1 aliphatic rings. The summed E-state index contributed by atoms with van der Waals surface area (Å²) in [7, 11) is 1.66. The normalized spacial score (nSPS) is 13.0.